The van der Waals surface area contributed by atoms with Gasteiger partial charge < -0.3 is 15.6 Å². The van der Waals surface area contributed by atoms with Gasteiger partial charge in [-0.3, -0.25) is 9.59 Å². The fourth-order valence-electron chi connectivity index (χ4n) is 2.11. The Balaban J connectivity index is 2.31. The molecule has 0 unspecified atom stereocenters. The Hall–Kier alpha value is -2.82. The molecule has 1 aliphatic heterocycles. The number of aromatic amines is 1. The van der Waals surface area contributed by atoms with Crippen LogP contribution in [0.2, 0.25) is 0 Å². The van der Waals surface area contributed by atoms with Crippen LogP contribution in [0, 0.1) is 4.64 Å². The van der Waals surface area contributed by atoms with Gasteiger partial charge in [0.1, 0.15) is 10.2 Å². The van der Waals surface area contributed by atoms with Gasteiger partial charge in [0.05, 0.1) is 0 Å². The van der Waals surface area contributed by atoms with Gasteiger partial charge in [0.15, 0.2) is 0 Å². The van der Waals surface area contributed by atoms with Gasteiger partial charge in [-0.05, 0) is 0 Å². The first-order valence-electron chi connectivity index (χ1n) is 6.21. The molecule has 0 bridgehead atoms. The number of nitrogen functional groups attached to an aromatic ring is 1. The second kappa shape index (κ2) is 4.87. The predicted molar refractivity (Wildman–Crippen MR) is 76.1 cm³/mol. The Labute approximate surface area is 127 Å². The number of anilines is 2. The van der Waals surface area contributed by atoms with Crippen molar-refractivity contribution in [1.82, 2.24) is 19.7 Å². The molecule has 3 rings (SSSR count). The summed E-state index contributed by atoms with van der Waals surface area (Å²) in [5.74, 6) is -1.77. The topological polar surface area (TPSA) is 136 Å². The first kappa shape index (κ1) is 14.1. The number of imide groups is 1. The maximum Gasteiger partial charge on any atom is 0.330 e. The van der Waals surface area contributed by atoms with E-state index in [0.717, 1.165) is 16.6 Å². The largest absolute Gasteiger partial charge is 0.369 e. The van der Waals surface area contributed by atoms with E-state index in [0.29, 0.717) is 0 Å². The van der Waals surface area contributed by atoms with Gasteiger partial charge in [-0.25, -0.2) is 14.7 Å². The van der Waals surface area contributed by atoms with E-state index in [9.17, 15) is 14.4 Å². The quantitative estimate of drug-likeness (QED) is 0.568. The minimum atomic E-state index is -0.682. The number of H-pyrrole nitrogens is 1. The summed E-state index contributed by atoms with van der Waals surface area (Å²) in [6, 6.07) is 0. The molecule has 11 heteroatoms. The lowest BCUT2D eigenvalue weighted by Crippen LogP contribution is -2.33. The van der Waals surface area contributed by atoms with Gasteiger partial charge in [0.2, 0.25) is 23.4 Å². The van der Waals surface area contributed by atoms with Crippen LogP contribution in [0.5, 0.6) is 0 Å². The van der Waals surface area contributed by atoms with E-state index in [1.54, 1.807) is 0 Å². The van der Waals surface area contributed by atoms with Crippen molar-refractivity contribution < 1.29 is 19.2 Å². The van der Waals surface area contributed by atoms with Crippen LogP contribution in [0.3, 0.4) is 0 Å². The van der Waals surface area contributed by atoms with Gasteiger partial charge in [0, 0.05) is 19.8 Å². The average molecular weight is 322 g/mol. The lowest BCUT2D eigenvalue weighted by atomic mass is 10.4. The predicted octanol–water partition coefficient (Wildman–Crippen LogP) is -0.300. The van der Waals surface area contributed by atoms with Crippen LogP contribution in [-0.2, 0) is 14.4 Å². The summed E-state index contributed by atoms with van der Waals surface area (Å²) in [5.41, 5.74) is 5.78. The number of imidazole rings is 1. The summed E-state index contributed by atoms with van der Waals surface area (Å²) in [7, 11) is 0. The minimum Gasteiger partial charge on any atom is -0.369 e. The van der Waals surface area contributed by atoms with Crippen molar-refractivity contribution in [3.05, 3.63) is 4.64 Å². The molecule has 0 atom stereocenters. The van der Waals surface area contributed by atoms with E-state index < -0.39 is 17.8 Å². The molecule has 0 saturated carbocycles. The van der Waals surface area contributed by atoms with Crippen LogP contribution in [0.25, 0.3) is 11.2 Å². The normalized spacial score (nSPS) is 14.9. The third-order valence-corrected chi connectivity index (χ3v) is 3.25. The molecule has 3 heterocycles. The van der Waals surface area contributed by atoms with Crippen LogP contribution >= 0.6 is 12.2 Å². The molecular formula is C11H10N6O4S. The molecule has 0 spiro atoms. The number of carbonyl (C=O) groups is 3. The minimum absolute atomic E-state index is 0.0172. The third kappa shape index (κ3) is 2.11. The molecule has 1 fully saturated rings. The second-order valence-corrected chi connectivity index (χ2v) is 4.94. The van der Waals surface area contributed by atoms with Crippen molar-refractivity contribution in [2.75, 3.05) is 10.6 Å². The van der Waals surface area contributed by atoms with Crippen molar-refractivity contribution in [2.24, 2.45) is 0 Å². The number of carbonyl (C=O) groups excluding carboxylic acids is 3. The van der Waals surface area contributed by atoms with Gasteiger partial charge in [-0.15, -0.1) is 4.73 Å². The highest BCUT2D eigenvalue weighted by Crippen LogP contribution is 2.25. The number of aromatic nitrogens is 4. The molecule has 2 aromatic heterocycles. The molecule has 0 aliphatic carbocycles. The van der Waals surface area contributed by atoms with Crippen molar-refractivity contribution in [3.8, 4) is 0 Å². The summed E-state index contributed by atoms with van der Waals surface area (Å²) in [6.45, 7) is 1.16. The molecule has 3 N–H and O–H groups in total. The Bertz CT molecular complexity index is 869. The molecule has 2 amide bonds. The average Bonchev–Trinajstić information content (AvgIpc) is 2.91. The number of hydrogen-bond donors (Lipinski definition) is 2. The van der Waals surface area contributed by atoms with E-state index in [-0.39, 0.29) is 40.5 Å². The number of fused-ring (bicyclic) bond motifs is 1. The summed E-state index contributed by atoms with van der Waals surface area (Å²) in [5, 5.41) is 0. The van der Waals surface area contributed by atoms with Gasteiger partial charge in [-0.2, -0.15) is 4.98 Å². The molecule has 2 aromatic rings. The highest BCUT2D eigenvalue weighted by Gasteiger charge is 2.35. The maximum atomic E-state index is 11.9. The monoisotopic (exact) mass is 322 g/mol. The van der Waals surface area contributed by atoms with E-state index >= 15 is 0 Å². The first-order valence-corrected chi connectivity index (χ1v) is 6.62. The zero-order valence-corrected chi connectivity index (χ0v) is 12.1. The van der Waals surface area contributed by atoms with Crippen LogP contribution < -0.4 is 15.5 Å². The van der Waals surface area contributed by atoms with Gasteiger partial charge >= 0.3 is 5.97 Å². The van der Waals surface area contributed by atoms with Gasteiger partial charge in [0.25, 0.3) is 5.95 Å². The Morgan fingerprint density at radius 2 is 1.95 bits per heavy atom. The smallest absolute Gasteiger partial charge is 0.330 e. The zero-order chi connectivity index (χ0) is 16.0. The van der Waals surface area contributed by atoms with Crippen molar-refractivity contribution in [3.63, 3.8) is 0 Å². The fourth-order valence-corrected chi connectivity index (χ4v) is 2.35. The summed E-state index contributed by atoms with van der Waals surface area (Å²) in [4.78, 5) is 51.6. The molecule has 1 saturated heterocycles. The number of nitrogens with zero attached hydrogens (tertiary/aromatic N) is 4. The lowest BCUT2D eigenvalue weighted by molar-refractivity contribution is -0.141. The van der Waals surface area contributed by atoms with E-state index in [1.165, 1.54) is 0 Å². The molecule has 0 radical (unpaired) electrons. The summed E-state index contributed by atoms with van der Waals surface area (Å²) in [6.07, 6.45) is 0.120. The lowest BCUT2D eigenvalue weighted by Gasteiger charge is -2.13. The number of rotatable bonds is 2. The number of nitrogens with two attached hydrogens (primary N) is 1. The molecule has 1 aliphatic rings. The molecular weight excluding hydrogens is 312 g/mol. The first-order chi connectivity index (χ1) is 10.4. The number of amides is 2. The Morgan fingerprint density at radius 1 is 1.32 bits per heavy atom. The van der Waals surface area contributed by atoms with Crippen molar-refractivity contribution in [1.29, 1.82) is 0 Å². The highest BCUT2D eigenvalue weighted by molar-refractivity contribution is 7.71. The standard InChI is InChI=1S/C11H10N6O4S/c1-4(18)21-17-8-7(9(22)15-10(12)14-8)13-11(17)16-5(19)2-3-6(16)20/h2-3H2,1H3,(H3,12,14,15,22). The van der Waals surface area contributed by atoms with Crippen molar-refractivity contribution >= 4 is 53.1 Å². The molecule has 114 valence electrons. The SMILES string of the molecule is CC(=O)On1c(N2C(=O)CCC2=O)nc2c(=S)[nH]c(N)nc21. The molecule has 22 heavy (non-hydrogen) atoms. The highest BCUT2D eigenvalue weighted by atomic mass is 32.1. The maximum absolute atomic E-state index is 11.9. The van der Waals surface area contributed by atoms with E-state index in [1.807, 2.05) is 0 Å². The Kier molecular flexibility index (Phi) is 3.13. The Morgan fingerprint density at radius 3 is 2.55 bits per heavy atom. The van der Waals surface area contributed by atoms with Crippen molar-refractivity contribution in [2.45, 2.75) is 19.8 Å². The number of hydrogen-bond acceptors (Lipinski definition) is 8. The second-order valence-electron chi connectivity index (χ2n) is 4.54. The van der Waals surface area contributed by atoms with Crippen LogP contribution in [-0.4, -0.2) is 37.5 Å². The van der Waals surface area contributed by atoms with Gasteiger partial charge in [-0.1, -0.05) is 12.2 Å². The van der Waals surface area contributed by atoms with Crippen LogP contribution in [0.15, 0.2) is 0 Å². The van der Waals surface area contributed by atoms with E-state index in [2.05, 4.69) is 15.0 Å². The van der Waals surface area contributed by atoms with E-state index in [4.69, 9.17) is 22.8 Å². The molecule has 10 nitrogen and oxygen atoms in total. The zero-order valence-electron chi connectivity index (χ0n) is 11.3. The summed E-state index contributed by atoms with van der Waals surface area (Å²) >= 11 is 5.08. The molecule has 0 aromatic carbocycles. The fraction of sp³-hybridized carbons (Fsp3) is 0.273. The number of nitrogens with one attached hydrogen (secondary N) is 1. The van der Waals surface area contributed by atoms with Crippen LogP contribution in [0.4, 0.5) is 11.9 Å². The third-order valence-electron chi connectivity index (χ3n) is 2.95. The summed E-state index contributed by atoms with van der Waals surface area (Å²) < 4.78 is 1.03. The van der Waals surface area contributed by atoms with Crippen LogP contribution in [0.1, 0.15) is 19.8 Å².